The summed E-state index contributed by atoms with van der Waals surface area (Å²) >= 11 is 2.70. The van der Waals surface area contributed by atoms with E-state index in [0.717, 1.165) is 10.4 Å². The van der Waals surface area contributed by atoms with Crippen molar-refractivity contribution in [3.63, 3.8) is 0 Å². The molecule has 3 aromatic heterocycles. The molecule has 3 heterocycles. The van der Waals surface area contributed by atoms with E-state index in [1.165, 1.54) is 29.6 Å². The van der Waals surface area contributed by atoms with Gasteiger partial charge in [-0.05, 0) is 17.0 Å². The third kappa shape index (κ3) is 5.24. The lowest BCUT2D eigenvalue weighted by Gasteiger charge is -2.19. The summed E-state index contributed by atoms with van der Waals surface area (Å²) in [5.74, 6) is -0.806. The van der Waals surface area contributed by atoms with Crippen molar-refractivity contribution in [1.82, 2.24) is 14.9 Å². The first-order valence-electron chi connectivity index (χ1n) is 10.4. The number of hydrogen-bond acceptors (Lipinski definition) is 7. The average molecular weight is 495 g/mol. The lowest BCUT2D eigenvalue weighted by atomic mass is 10.1. The van der Waals surface area contributed by atoms with E-state index in [2.05, 4.69) is 15.6 Å². The van der Waals surface area contributed by atoms with Crippen LogP contribution < -0.4 is 10.6 Å². The number of thiophene rings is 2. The summed E-state index contributed by atoms with van der Waals surface area (Å²) in [6, 6.07) is 12.7. The zero-order chi connectivity index (χ0) is 24.1. The number of aromatic nitrogens is 2. The molecule has 0 saturated heterocycles. The third-order valence-corrected chi connectivity index (χ3v) is 6.76. The van der Waals surface area contributed by atoms with Gasteiger partial charge in [0.2, 0.25) is 5.91 Å². The standard InChI is InChI=1S/C24H22N4O4S2/c1-15(29)26-23-20(17(14-34-23)18-9-6-12-33-18)24(31)32-13-19(30)27-21(16-7-4-3-5-8-16)22-25-10-11-28(22)2/h3-12,14,21H,13H2,1-2H3,(H,26,29)(H,27,30)/t21-/m1/s1. The fraction of sp³-hybridized carbons (Fsp3) is 0.167. The number of hydrogen-bond donors (Lipinski definition) is 2. The molecular weight excluding hydrogens is 472 g/mol. The van der Waals surface area contributed by atoms with Crippen LogP contribution in [-0.4, -0.2) is 33.9 Å². The van der Waals surface area contributed by atoms with Crippen molar-refractivity contribution in [1.29, 1.82) is 0 Å². The zero-order valence-electron chi connectivity index (χ0n) is 18.5. The van der Waals surface area contributed by atoms with Crippen LogP contribution in [0.25, 0.3) is 10.4 Å². The van der Waals surface area contributed by atoms with Crippen molar-refractivity contribution < 1.29 is 19.1 Å². The predicted octanol–water partition coefficient (Wildman–Crippen LogP) is 4.23. The lowest BCUT2D eigenvalue weighted by molar-refractivity contribution is -0.124. The fourth-order valence-electron chi connectivity index (χ4n) is 3.43. The molecule has 4 rings (SSSR count). The summed E-state index contributed by atoms with van der Waals surface area (Å²) in [4.78, 5) is 42.6. The number of rotatable bonds is 8. The third-order valence-electron chi connectivity index (χ3n) is 4.96. The van der Waals surface area contributed by atoms with E-state index >= 15 is 0 Å². The van der Waals surface area contributed by atoms with Gasteiger partial charge in [0, 0.05) is 42.2 Å². The molecule has 0 aliphatic heterocycles. The van der Waals surface area contributed by atoms with Crippen LogP contribution in [0.3, 0.4) is 0 Å². The number of imidazole rings is 1. The molecule has 0 saturated carbocycles. The van der Waals surface area contributed by atoms with E-state index in [9.17, 15) is 14.4 Å². The smallest absolute Gasteiger partial charge is 0.342 e. The van der Waals surface area contributed by atoms with E-state index in [-0.39, 0.29) is 11.5 Å². The first kappa shape index (κ1) is 23.4. The molecule has 8 nitrogen and oxygen atoms in total. The first-order valence-corrected chi connectivity index (χ1v) is 12.1. The normalized spacial score (nSPS) is 11.6. The van der Waals surface area contributed by atoms with Crippen LogP contribution in [0.4, 0.5) is 5.00 Å². The Morgan fingerprint density at radius 1 is 1.12 bits per heavy atom. The number of carbonyl (C=O) groups is 3. The quantitative estimate of drug-likeness (QED) is 0.357. The zero-order valence-corrected chi connectivity index (χ0v) is 20.1. The van der Waals surface area contributed by atoms with Gasteiger partial charge in [-0.25, -0.2) is 9.78 Å². The Hall–Kier alpha value is -3.76. The maximum absolute atomic E-state index is 13.0. The van der Waals surface area contributed by atoms with Gasteiger partial charge < -0.3 is 19.9 Å². The van der Waals surface area contributed by atoms with Gasteiger partial charge in [0.25, 0.3) is 5.91 Å². The lowest BCUT2D eigenvalue weighted by Crippen LogP contribution is -2.34. The highest BCUT2D eigenvalue weighted by Crippen LogP contribution is 2.38. The van der Waals surface area contributed by atoms with Crippen molar-refractivity contribution in [3.05, 3.63) is 82.6 Å². The summed E-state index contributed by atoms with van der Waals surface area (Å²) < 4.78 is 7.20. The Morgan fingerprint density at radius 2 is 1.91 bits per heavy atom. The Kier molecular flexibility index (Phi) is 7.19. The molecule has 2 amide bonds. The summed E-state index contributed by atoms with van der Waals surface area (Å²) in [6.45, 7) is 0.889. The van der Waals surface area contributed by atoms with Crippen LogP contribution in [0.1, 0.15) is 34.7 Å². The number of ether oxygens (including phenoxy) is 1. The van der Waals surface area contributed by atoms with Crippen molar-refractivity contribution in [2.45, 2.75) is 13.0 Å². The number of benzene rings is 1. The van der Waals surface area contributed by atoms with E-state index in [4.69, 9.17) is 4.74 Å². The molecule has 4 aromatic rings. The summed E-state index contributed by atoms with van der Waals surface area (Å²) in [5.41, 5.74) is 1.74. The van der Waals surface area contributed by atoms with Crippen LogP contribution in [0.5, 0.6) is 0 Å². The molecule has 0 aliphatic carbocycles. The summed E-state index contributed by atoms with van der Waals surface area (Å²) in [7, 11) is 1.84. The Morgan fingerprint density at radius 3 is 2.56 bits per heavy atom. The monoisotopic (exact) mass is 494 g/mol. The molecule has 174 valence electrons. The minimum Gasteiger partial charge on any atom is -0.452 e. The summed E-state index contributed by atoms with van der Waals surface area (Å²) in [5, 5.41) is 9.65. The largest absolute Gasteiger partial charge is 0.452 e. The van der Waals surface area contributed by atoms with Gasteiger partial charge >= 0.3 is 5.97 Å². The van der Waals surface area contributed by atoms with E-state index in [1.54, 1.807) is 17.8 Å². The molecule has 0 aliphatic rings. The molecule has 1 atom stereocenters. The highest BCUT2D eigenvalue weighted by molar-refractivity contribution is 7.17. The number of esters is 1. The van der Waals surface area contributed by atoms with E-state index in [1.807, 2.05) is 59.5 Å². The van der Waals surface area contributed by atoms with Crippen molar-refractivity contribution >= 4 is 45.5 Å². The molecule has 10 heteroatoms. The SMILES string of the molecule is CC(=O)Nc1scc(-c2cccs2)c1C(=O)OCC(=O)N[C@H](c1ccccc1)c1nccn1C. The van der Waals surface area contributed by atoms with Crippen LogP contribution >= 0.6 is 22.7 Å². The Bertz CT molecular complexity index is 1300. The second kappa shape index (κ2) is 10.4. The minimum absolute atomic E-state index is 0.235. The molecule has 2 N–H and O–H groups in total. The average Bonchev–Trinajstić information content (AvgIpc) is 3.57. The Balaban J connectivity index is 1.51. The van der Waals surface area contributed by atoms with E-state index in [0.29, 0.717) is 16.4 Å². The fourth-order valence-corrected chi connectivity index (χ4v) is 5.25. The second-order valence-corrected chi connectivity index (χ2v) is 9.22. The highest BCUT2D eigenvalue weighted by Gasteiger charge is 2.25. The van der Waals surface area contributed by atoms with Gasteiger partial charge in [0.05, 0.1) is 0 Å². The number of nitrogens with one attached hydrogen (secondary N) is 2. The molecule has 0 unspecified atom stereocenters. The molecule has 1 aromatic carbocycles. The number of anilines is 1. The van der Waals surface area contributed by atoms with Crippen molar-refractivity contribution in [2.24, 2.45) is 7.05 Å². The predicted molar refractivity (Wildman–Crippen MR) is 132 cm³/mol. The molecule has 0 fully saturated rings. The van der Waals surface area contributed by atoms with Crippen LogP contribution in [0.2, 0.25) is 0 Å². The molecular formula is C24H22N4O4S2. The molecule has 0 bridgehead atoms. The van der Waals surface area contributed by atoms with Gasteiger partial charge in [0.15, 0.2) is 6.61 Å². The number of carbonyl (C=O) groups excluding carboxylic acids is 3. The topological polar surface area (TPSA) is 102 Å². The molecule has 0 radical (unpaired) electrons. The van der Waals surface area contributed by atoms with Gasteiger partial charge in [-0.1, -0.05) is 36.4 Å². The van der Waals surface area contributed by atoms with Gasteiger partial charge in [0.1, 0.15) is 22.4 Å². The number of aryl methyl sites for hydroxylation is 1. The van der Waals surface area contributed by atoms with Crippen molar-refractivity contribution in [3.8, 4) is 10.4 Å². The highest BCUT2D eigenvalue weighted by atomic mass is 32.1. The summed E-state index contributed by atoms with van der Waals surface area (Å²) in [6.07, 6.45) is 3.45. The van der Waals surface area contributed by atoms with Gasteiger partial charge in [-0.3, -0.25) is 9.59 Å². The van der Waals surface area contributed by atoms with Gasteiger partial charge in [-0.2, -0.15) is 0 Å². The Labute approximate surface area is 204 Å². The minimum atomic E-state index is -0.684. The molecule has 34 heavy (non-hydrogen) atoms. The first-order chi connectivity index (χ1) is 16.4. The van der Waals surface area contributed by atoms with Gasteiger partial charge in [-0.15, -0.1) is 22.7 Å². The van der Waals surface area contributed by atoms with Crippen molar-refractivity contribution in [2.75, 3.05) is 11.9 Å². The maximum Gasteiger partial charge on any atom is 0.342 e. The maximum atomic E-state index is 13.0. The van der Waals surface area contributed by atoms with E-state index < -0.39 is 24.5 Å². The van der Waals surface area contributed by atoms with Crippen LogP contribution in [0.15, 0.2) is 65.6 Å². The number of nitrogens with zero attached hydrogens (tertiary/aromatic N) is 2. The van der Waals surface area contributed by atoms with Crippen LogP contribution in [0, 0.1) is 0 Å². The second-order valence-electron chi connectivity index (χ2n) is 7.40. The van der Waals surface area contributed by atoms with Crippen LogP contribution in [-0.2, 0) is 21.4 Å². The number of amides is 2. The molecule has 0 spiro atoms.